The highest BCUT2D eigenvalue weighted by Crippen LogP contribution is 2.44. The predicted octanol–water partition coefficient (Wildman–Crippen LogP) is 5.91. The molecule has 0 aliphatic carbocycles. The van der Waals surface area contributed by atoms with Gasteiger partial charge in [-0.15, -0.1) is 0 Å². The van der Waals surface area contributed by atoms with Crippen LogP contribution in [0.5, 0.6) is 34.5 Å². The highest BCUT2D eigenvalue weighted by molar-refractivity contribution is 5.99. The molecule has 0 radical (unpaired) electrons. The van der Waals surface area contributed by atoms with Gasteiger partial charge in [0, 0.05) is 25.1 Å². The molecule has 2 amide bonds. The van der Waals surface area contributed by atoms with Crippen molar-refractivity contribution < 1.29 is 42.8 Å². The van der Waals surface area contributed by atoms with Crippen LogP contribution in [0.2, 0.25) is 0 Å². The van der Waals surface area contributed by atoms with Crippen molar-refractivity contribution in [1.29, 1.82) is 0 Å². The van der Waals surface area contributed by atoms with Crippen molar-refractivity contribution in [2.75, 3.05) is 48.1 Å². The van der Waals surface area contributed by atoms with E-state index >= 15 is 0 Å². The number of benzene rings is 4. The Kier molecular flexibility index (Phi) is 10.4. The maximum Gasteiger partial charge on any atom is 0.338 e. The van der Waals surface area contributed by atoms with Crippen molar-refractivity contribution in [3.63, 3.8) is 0 Å². The molecule has 0 fully saturated rings. The molecule has 8 bridgehead atoms. The Labute approximate surface area is 291 Å². The standard InChI is InChI=1S/C39H40N2O9/c1-45-30-19-27(18-28(20-30)39(44)48-4)38(43)41-15-13-25-21-35-33(47-3)23-31(25)37(41)26-10-11-32(46-2)34(22-26)49-16-6-14-40-36(42)12-9-24-7-5-8-29(17-24)50-35/h5,7-8,10-11,17-23,37H,6,9,12-16H2,1-4H3,(H,40,42). The number of hydrogen-bond acceptors (Lipinski definition) is 9. The number of hydrogen-bond donors (Lipinski definition) is 1. The van der Waals surface area contributed by atoms with Gasteiger partial charge in [0.1, 0.15) is 11.5 Å². The van der Waals surface area contributed by atoms with E-state index in [1.54, 1.807) is 25.2 Å². The number of nitrogens with zero attached hydrogens (tertiary/aromatic N) is 1. The second-order valence-corrected chi connectivity index (χ2v) is 12.0. The summed E-state index contributed by atoms with van der Waals surface area (Å²) >= 11 is 0. The molecule has 3 aliphatic heterocycles. The first kappa shape index (κ1) is 34.2. The van der Waals surface area contributed by atoms with Crippen LogP contribution in [0.1, 0.15) is 61.9 Å². The van der Waals surface area contributed by atoms with Crippen LogP contribution in [0, 0.1) is 0 Å². The maximum atomic E-state index is 14.5. The zero-order valence-electron chi connectivity index (χ0n) is 28.6. The molecule has 4 aromatic rings. The quantitative estimate of drug-likeness (QED) is 0.257. The summed E-state index contributed by atoms with van der Waals surface area (Å²) in [6.07, 6.45) is 2.02. The average molecular weight is 681 g/mol. The lowest BCUT2D eigenvalue weighted by Crippen LogP contribution is -2.40. The Hall–Kier alpha value is -5.71. The number of carbonyl (C=O) groups is 3. The van der Waals surface area contributed by atoms with Crippen LogP contribution in [-0.4, -0.2) is 70.8 Å². The van der Waals surface area contributed by atoms with E-state index in [-0.39, 0.29) is 22.9 Å². The fourth-order valence-electron chi connectivity index (χ4n) is 6.38. The van der Waals surface area contributed by atoms with Crippen LogP contribution in [0.15, 0.2) is 72.8 Å². The van der Waals surface area contributed by atoms with Gasteiger partial charge in [0.15, 0.2) is 23.0 Å². The van der Waals surface area contributed by atoms with Crippen molar-refractivity contribution in [1.82, 2.24) is 10.2 Å². The predicted molar refractivity (Wildman–Crippen MR) is 185 cm³/mol. The van der Waals surface area contributed by atoms with Gasteiger partial charge < -0.3 is 38.6 Å². The fourth-order valence-corrected chi connectivity index (χ4v) is 6.38. The third kappa shape index (κ3) is 7.31. The molecule has 3 aliphatic rings. The third-order valence-corrected chi connectivity index (χ3v) is 8.90. The molecule has 50 heavy (non-hydrogen) atoms. The molecule has 3 heterocycles. The molecule has 11 heteroatoms. The van der Waals surface area contributed by atoms with Crippen LogP contribution in [0.4, 0.5) is 0 Å². The van der Waals surface area contributed by atoms with Gasteiger partial charge in [0.05, 0.1) is 46.7 Å². The SMILES string of the molecule is COC(=O)c1cc(OC)cc(C(=O)N2CCc3cc4c(OC)cc3C2c2ccc(OC)c(c2)OCCCNC(=O)CCc2cccc(c2)O4)c1. The fraction of sp³-hybridized carbons (Fsp3) is 0.308. The van der Waals surface area contributed by atoms with E-state index in [9.17, 15) is 14.4 Å². The Bertz CT molecular complexity index is 1910. The lowest BCUT2D eigenvalue weighted by atomic mass is 9.87. The van der Waals surface area contributed by atoms with E-state index in [0.717, 1.165) is 22.3 Å². The van der Waals surface area contributed by atoms with Gasteiger partial charge in [-0.05, 0) is 96.1 Å². The number of esters is 1. The number of fused-ring (bicyclic) bond motifs is 8. The lowest BCUT2D eigenvalue weighted by Gasteiger charge is -2.38. The number of nitrogens with one attached hydrogen (secondary N) is 1. The van der Waals surface area contributed by atoms with Gasteiger partial charge >= 0.3 is 5.97 Å². The Morgan fingerprint density at radius 1 is 0.820 bits per heavy atom. The van der Waals surface area contributed by atoms with Crippen LogP contribution >= 0.6 is 0 Å². The summed E-state index contributed by atoms with van der Waals surface area (Å²) < 4.78 is 34.5. The molecule has 260 valence electrons. The summed E-state index contributed by atoms with van der Waals surface area (Å²) in [6, 6.07) is 21.2. The van der Waals surface area contributed by atoms with Gasteiger partial charge in [-0.3, -0.25) is 9.59 Å². The highest BCUT2D eigenvalue weighted by Gasteiger charge is 2.35. The van der Waals surface area contributed by atoms with Gasteiger partial charge in [-0.2, -0.15) is 0 Å². The maximum absolute atomic E-state index is 14.5. The molecule has 11 nitrogen and oxygen atoms in total. The molecule has 1 atom stereocenters. The molecule has 0 aromatic heterocycles. The smallest absolute Gasteiger partial charge is 0.338 e. The second kappa shape index (κ2) is 15.2. The van der Waals surface area contributed by atoms with E-state index in [2.05, 4.69) is 5.32 Å². The van der Waals surface area contributed by atoms with Gasteiger partial charge in [-0.25, -0.2) is 4.79 Å². The van der Waals surface area contributed by atoms with Crippen LogP contribution in [0.25, 0.3) is 0 Å². The largest absolute Gasteiger partial charge is 0.497 e. The average Bonchev–Trinajstić information content (AvgIpc) is 3.15. The number of amides is 2. The molecule has 1 N–H and O–H groups in total. The topological polar surface area (TPSA) is 122 Å². The van der Waals surface area contributed by atoms with Crippen LogP contribution < -0.4 is 29.0 Å². The summed E-state index contributed by atoms with van der Waals surface area (Å²) in [5.74, 6) is 2.11. The van der Waals surface area contributed by atoms with Crippen LogP contribution in [-0.2, 0) is 22.4 Å². The molecular weight excluding hydrogens is 640 g/mol. The highest BCUT2D eigenvalue weighted by atomic mass is 16.5. The van der Waals surface area contributed by atoms with Crippen molar-refractivity contribution in [3.05, 3.63) is 106 Å². The minimum absolute atomic E-state index is 0.0447. The van der Waals surface area contributed by atoms with Crippen LogP contribution in [0.3, 0.4) is 0 Å². The summed E-state index contributed by atoms with van der Waals surface area (Å²) in [4.78, 5) is 41.4. The van der Waals surface area contributed by atoms with E-state index in [1.807, 2.05) is 54.6 Å². The van der Waals surface area contributed by atoms with E-state index < -0.39 is 12.0 Å². The first-order chi connectivity index (χ1) is 24.3. The third-order valence-electron chi connectivity index (χ3n) is 8.90. The molecule has 0 saturated carbocycles. The monoisotopic (exact) mass is 680 g/mol. The van der Waals surface area contributed by atoms with Crippen molar-refractivity contribution >= 4 is 17.8 Å². The Morgan fingerprint density at radius 3 is 2.42 bits per heavy atom. The molecule has 7 rings (SSSR count). The molecule has 4 aromatic carbocycles. The first-order valence-corrected chi connectivity index (χ1v) is 16.4. The van der Waals surface area contributed by atoms with Gasteiger partial charge in [0.2, 0.25) is 5.91 Å². The van der Waals surface area contributed by atoms with Crippen molar-refractivity contribution in [3.8, 4) is 34.5 Å². The summed E-state index contributed by atoms with van der Waals surface area (Å²) in [7, 11) is 5.91. The number of aryl methyl sites for hydroxylation is 1. The number of methoxy groups -OCH3 is 4. The Morgan fingerprint density at radius 2 is 1.64 bits per heavy atom. The van der Waals surface area contributed by atoms with E-state index in [4.69, 9.17) is 28.4 Å². The summed E-state index contributed by atoms with van der Waals surface area (Å²) in [5, 5.41) is 2.97. The minimum Gasteiger partial charge on any atom is -0.497 e. The van der Waals surface area contributed by atoms with Crippen molar-refractivity contribution in [2.45, 2.75) is 31.7 Å². The van der Waals surface area contributed by atoms with Gasteiger partial charge in [-0.1, -0.05) is 18.2 Å². The zero-order valence-corrected chi connectivity index (χ0v) is 28.6. The molecule has 0 spiro atoms. The number of carbonyl (C=O) groups excluding carboxylic acids is 3. The summed E-state index contributed by atoms with van der Waals surface area (Å²) in [5.41, 5.74) is 4.06. The summed E-state index contributed by atoms with van der Waals surface area (Å²) in [6.45, 7) is 1.16. The van der Waals surface area contributed by atoms with Gasteiger partial charge in [0.25, 0.3) is 5.91 Å². The minimum atomic E-state index is -0.580. The number of rotatable bonds is 5. The molecule has 1 unspecified atom stereocenters. The van der Waals surface area contributed by atoms with E-state index in [0.29, 0.717) is 79.9 Å². The molecule has 0 saturated heterocycles. The second-order valence-electron chi connectivity index (χ2n) is 12.0. The zero-order chi connectivity index (χ0) is 35.2. The van der Waals surface area contributed by atoms with E-state index in [1.165, 1.54) is 26.4 Å². The lowest BCUT2D eigenvalue weighted by molar-refractivity contribution is -0.121. The Balaban J connectivity index is 1.48. The van der Waals surface area contributed by atoms with Crippen molar-refractivity contribution in [2.24, 2.45) is 0 Å². The molecular formula is C39H40N2O9. The first-order valence-electron chi connectivity index (χ1n) is 16.4. The number of ether oxygens (including phenoxy) is 6. The normalized spacial score (nSPS) is 15.9.